The van der Waals surface area contributed by atoms with Gasteiger partial charge in [0.05, 0.1) is 18.8 Å². The summed E-state index contributed by atoms with van der Waals surface area (Å²) in [5.74, 6) is -1.38. The first kappa shape index (κ1) is 18.2. The maximum Gasteiger partial charge on any atom is 0.341 e. The highest BCUT2D eigenvalue weighted by atomic mass is 32.1. The van der Waals surface area contributed by atoms with Gasteiger partial charge in [-0.15, -0.1) is 11.3 Å². The highest BCUT2D eigenvalue weighted by Crippen LogP contribution is 2.33. The summed E-state index contributed by atoms with van der Waals surface area (Å²) in [7, 11) is 0. The fourth-order valence-corrected chi connectivity index (χ4v) is 2.73. The summed E-state index contributed by atoms with van der Waals surface area (Å²) in [6.45, 7) is 7.84. The maximum absolute atomic E-state index is 11.9. The molecule has 1 heterocycles. The number of hydrogen-bond acceptors (Lipinski definition) is 6. The molecule has 1 rings (SSSR count). The first-order valence-electron chi connectivity index (χ1n) is 7.15. The first-order chi connectivity index (χ1) is 10.4. The molecule has 0 radical (unpaired) electrons. The van der Waals surface area contributed by atoms with Crippen LogP contribution in [0.4, 0.5) is 5.00 Å². The number of anilines is 1. The van der Waals surface area contributed by atoms with E-state index in [1.807, 2.05) is 13.8 Å². The van der Waals surface area contributed by atoms with Crippen LogP contribution in [-0.4, -0.2) is 31.1 Å². The number of ether oxygens (including phenoxy) is 2. The number of carbonyl (C=O) groups is 3. The SMILES string of the molecule is CCOC(=O)CC(=O)Nc1sc(C(C)C)cc1C(=O)OCC. The van der Waals surface area contributed by atoms with Gasteiger partial charge in [-0.1, -0.05) is 13.8 Å². The molecular weight excluding hydrogens is 306 g/mol. The Morgan fingerprint density at radius 2 is 1.82 bits per heavy atom. The van der Waals surface area contributed by atoms with Gasteiger partial charge >= 0.3 is 11.9 Å². The molecule has 0 fully saturated rings. The van der Waals surface area contributed by atoms with Gasteiger partial charge < -0.3 is 14.8 Å². The van der Waals surface area contributed by atoms with Gasteiger partial charge in [0, 0.05) is 4.88 Å². The van der Waals surface area contributed by atoms with E-state index in [-0.39, 0.29) is 25.6 Å². The lowest BCUT2D eigenvalue weighted by Crippen LogP contribution is -2.19. The van der Waals surface area contributed by atoms with Crippen molar-refractivity contribution in [1.82, 2.24) is 0 Å². The fraction of sp³-hybridized carbons (Fsp3) is 0.533. The number of carbonyl (C=O) groups excluding carboxylic acids is 3. The summed E-state index contributed by atoms with van der Waals surface area (Å²) in [6.07, 6.45) is -0.384. The van der Waals surface area contributed by atoms with Crippen molar-refractivity contribution in [2.75, 3.05) is 18.5 Å². The van der Waals surface area contributed by atoms with Crippen molar-refractivity contribution in [1.29, 1.82) is 0 Å². The minimum absolute atomic E-state index is 0.217. The van der Waals surface area contributed by atoms with Crippen LogP contribution < -0.4 is 5.32 Å². The monoisotopic (exact) mass is 327 g/mol. The Labute approximate surface area is 133 Å². The Kier molecular flexibility index (Phi) is 7.04. The molecule has 1 aromatic heterocycles. The van der Waals surface area contributed by atoms with Crippen LogP contribution in [0.5, 0.6) is 0 Å². The predicted octanol–water partition coefficient (Wildman–Crippen LogP) is 2.94. The summed E-state index contributed by atoms with van der Waals surface area (Å²) in [6, 6.07) is 1.72. The molecule has 0 saturated carbocycles. The van der Waals surface area contributed by atoms with Crippen LogP contribution in [0.15, 0.2) is 6.07 Å². The third kappa shape index (κ3) is 5.14. The molecular formula is C15H21NO5S. The van der Waals surface area contributed by atoms with Gasteiger partial charge in [0.2, 0.25) is 5.91 Å². The van der Waals surface area contributed by atoms with Gasteiger partial charge in [-0.05, 0) is 25.8 Å². The first-order valence-corrected chi connectivity index (χ1v) is 7.96. The number of nitrogens with one attached hydrogen (secondary N) is 1. The number of thiophene rings is 1. The van der Waals surface area contributed by atoms with E-state index in [2.05, 4.69) is 5.32 Å². The second kappa shape index (κ2) is 8.53. The molecule has 22 heavy (non-hydrogen) atoms. The summed E-state index contributed by atoms with van der Waals surface area (Å²) in [5.41, 5.74) is 0.313. The minimum atomic E-state index is -0.599. The smallest absolute Gasteiger partial charge is 0.341 e. The number of rotatable bonds is 7. The molecule has 0 unspecified atom stereocenters. The van der Waals surface area contributed by atoms with Crippen LogP contribution >= 0.6 is 11.3 Å². The Morgan fingerprint density at radius 3 is 2.36 bits per heavy atom. The highest BCUT2D eigenvalue weighted by Gasteiger charge is 2.21. The van der Waals surface area contributed by atoms with E-state index in [1.54, 1.807) is 19.9 Å². The molecule has 6 nitrogen and oxygen atoms in total. The van der Waals surface area contributed by atoms with Crippen LogP contribution in [0.25, 0.3) is 0 Å². The fourth-order valence-electron chi connectivity index (χ4n) is 1.66. The summed E-state index contributed by atoms with van der Waals surface area (Å²) < 4.78 is 9.71. The molecule has 1 N–H and O–H groups in total. The van der Waals surface area contributed by atoms with Crippen molar-refractivity contribution in [3.05, 3.63) is 16.5 Å². The average molecular weight is 327 g/mol. The van der Waals surface area contributed by atoms with Crippen molar-refractivity contribution in [2.24, 2.45) is 0 Å². The van der Waals surface area contributed by atoms with E-state index in [1.165, 1.54) is 11.3 Å². The Balaban J connectivity index is 2.89. The zero-order valence-electron chi connectivity index (χ0n) is 13.2. The number of hydrogen-bond donors (Lipinski definition) is 1. The van der Waals surface area contributed by atoms with Gasteiger partial charge in [0.15, 0.2) is 0 Å². The molecule has 0 aliphatic heterocycles. The molecule has 122 valence electrons. The van der Waals surface area contributed by atoms with Crippen molar-refractivity contribution >= 4 is 34.2 Å². The van der Waals surface area contributed by atoms with Crippen molar-refractivity contribution in [3.8, 4) is 0 Å². The van der Waals surface area contributed by atoms with Gasteiger partial charge in [0.1, 0.15) is 11.4 Å². The standard InChI is InChI=1S/C15H21NO5S/c1-5-20-13(18)8-12(17)16-14-10(15(19)21-6-2)7-11(22-14)9(3)4/h7,9H,5-6,8H2,1-4H3,(H,16,17). The van der Waals surface area contributed by atoms with Gasteiger partial charge in [0.25, 0.3) is 0 Å². The van der Waals surface area contributed by atoms with E-state index < -0.39 is 17.8 Å². The second-order valence-corrected chi connectivity index (χ2v) is 5.88. The largest absolute Gasteiger partial charge is 0.466 e. The zero-order chi connectivity index (χ0) is 16.7. The summed E-state index contributed by atoms with van der Waals surface area (Å²) in [5, 5.41) is 2.99. The molecule has 7 heteroatoms. The molecule has 0 aromatic carbocycles. The van der Waals surface area contributed by atoms with Crippen LogP contribution in [0, 0.1) is 0 Å². The molecule has 0 bridgehead atoms. The predicted molar refractivity (Wildman–Crippen MR) is 84.2 cm³/mol. The van der Waals surface area contributed by atoms with Gasteiger partial charge in [-0.25, -0.2) is 4.79 Å². The molecule has 1 aromatic rings. The number of esters is 2. The van der Waals surface area contributed by atoms with Crippen molar-refractivity contribution in [3.63, 3.8) is 0 Å². The lowest BCUT2D eigenvalue weighted by Gasteiger charge is -2.06. The normalized spacial score (nSPS) is 10.4. The third-order valence-corrected chi connectivity index (χ3v) is 4.03. The molecule has 0 saturated heterocycles. The second-order valence-electron chi connectivity index (χ2n) is 4.80. The van der Waals surface area contributed by atoms with Crippen LogP contribution in [-0.2, 0) is 19.1 Å². The molecule has 0 atom stereocenters. The molecule has 0 aliphatic rings. The molecule has 1 amide bonds. The Bertz CT molecular complexity index is 550. The average Bonchev–Trinajstić information content (AvgIpc) is 2.83. The zero-order valence-corrected chi connectivity index (χ0v) is 14.0. The van der Waals surface area contributed by atoms with E-state index in [0.717, 1.165) is 4.88 Å². The van der Waals surface area contributed by atoms with E-state index in [9.17, 15) is 14.4 Å². The van der Waals surface area contributed by atoms with Gasteiger partial charge in [-0.2, -0.15) is 0 Å². The van der Waals surface area contributed by atoms with Crippen molar-refractivity contribution < 1.29 is 23.9 Å². The van der Waals surface area contributed by atoms with E-state index >= 15 is 0 Å². The Hall–Kier alpha value is -1.89. The van der Waals surface area contributed by atoms with Crippen LogP contribution in [0.3, 0.4) is 0 Å². The van der Waals surface area contributed by atoms with Crippen molar-refractivity contribution in [2.45, 2.75) is 40.0 Å². The molecule has 0 spiro atoms. The lowest BCUT2D eigenvalue weighted by molar-refractivity contribution is -0.145. The van der Waals surface area contributed by atoms with Gasteiger partial charge in [-0.3, -0.25) is 9.59 Å². The summed E-state index contributed by atoms with van der Waals surface area (Å²) >= 11 is 1.31. The minimum Gasteiger partial charge on any atom is -0.466 e. The summed E-state index contributed by atoms with van der Waals surface area (Å²) in [4.78, 5) is 36.1. The van der Waals surface area contributed by atoms with E-state index in [4.69, 9.17) is 9.47 Å². The van der Waals surface area contributed by atoms with E-state index in [0.29, 0.717) is 10.6 Å². The third-order valence-electron chi connectivity index (χ3n) is 2.68. The number of amides is 1. The quantitative estimate of drug-likeness (QED) is 0.615. The highest BCUT2D eigenvalue weighted by molar-refractivity contribution is 7.16. The van der Waals surface area contributed by atoms with Crippen LogP contribution in [0.1, 0.15) is 55.3 Å². The topological polar surface area (TPSA) is 81.7 Å². The Morgan fingerprint density at radius 1 is 1.18 bits per heavy atom. The van der Waals surface area contributed by atoms with Crippen LogP contribution in [0.2, 0.25) is 0 Å². The molecule has 0 aliphatic carbocycles. The lowest BCUT2D eigenvalue weighted by atomic mass is 10.1. The maximum atomic E-state index is 11.9.